The van der Waals surface area contributed by atoms with Gasteiger partial charge < -0.3 is 16.8 Å². The molecule has 132 valence electrons. The van der Waals surface area contributed by atoms with Gasteiger partial charge in [-0.1, -0.05) is 32.9 Å². The molecule has 1 amide bonds. The Balaban J connectivity index is 4.21. The maximum atomic E-state index is 12.1. The van der Waals surface area contributed by atoms with Crippen molar-refractivity contribution in [2.24, 2.45) is 22.4 Å². The van der Waals surface area contributed by atoms with Crippen LogP contribution < -0.4 is 22.2 Å². The number of carbonyl (C=O) groups excluding carboxylic acids is 1. The molecule has 23 heavy (non-hydrogen) atoms. The molecule has 9 nitrogen and oxygen atoms in total. The fourth-order valence-corrected chi connectivity index (χ4v) is 2.07. The van der Waals surface area contributed by atoms with E-state index in [4.69, 9.17) is 11.5 Å². The Kier molecular flexibility index (Phi) is 9.96. The predicted molar refractivity (Wildman–Crippen MR) is 92.7 cm³/mol. The highest BCUT2D eigenvalue weighted by atomic mass is 16.7. The highest BCUT2D eigenvalue weighted by Crippen LogP contribution is 2.08. The number of nitrogens with two attached hydrogens (primary N) is 2. The van der Waals surface area contributed by atoms with E-state index in [9.17, 15) is 14.9 Å². The number of hydrazine groups is 1. The van der Waals surface area contributed by atoms with Crippen LogP contribution in [0.2, 0.25) is 13.6 Å². The third-order valence-electron chi connectivity index (χ3n) is 3.36. The third-order valence-corrected chi connectivity index (χ3v) is 3.36. The molecule has 0 fully saturated rings. The topological polar surface area (TPSA) is 149 Å². The van der Waals surface area contributed by atoms with E-state index in [0.29, 0.717) is 25.5 Å². The van der Waals surface area contributed by atoms with Crippen LogP contribution in [0.1, 0.15) is 33.1 Å². The number of nitrogens with zero attached hydrogens (tertiary/aromatic N) is 2. The Morgan fingerprint density at radius 3 is 2.48 bits per heavy atom. The zero-order valence-corrected chi connectivity index (χ0v) is 14.4. The molecule has 0 aliphatic carbocycles. The van der Waals surface area contributed by atoms with E-state index in [1.54, 1.807) is 5.43 Å². The van der Waals surface area contributed by atoms with Crippen molar-refractivity contribution < 1.29 is 9.83 Å². The van der Waals surface area contributed by atoms with Crippen molar-refractivity contribution in [1.82, 2.24) is 10.7 Å². The van der Waals surface area contributed by atoms with Gasteiger partial charge in [0.1, 0.15) is 0 Å². The number of guanidine groups is 1. The molecule has 0 unspecified atom stereocenters. The van der Waals surface area contributed by atoms with Crippen molar-refractivity contribution in [3.63, 3.8) is 0 Å². The minimum Gasteiger partial charge on any atom is -0.365 e. The summed E-state index contributed by atoms with van der Waals surface area (Å²) in [7, 11) is 0. The van der Waals surface area contributed by atoms with Crippen molar-refractivity contribution in [2.75, 3.05) is 6.54 Å². The average molecular weight is 328 g/mol. The Morgan fingerprint density at radius 2 is 2.00 bits per heavy atom. The van der Waals surface area contributed by atoms with Gasteiger partial charge in [0, 0.05) is 12.5 Å². The zero-order chi connectivity index (χ0) is 18.0. The number of rotatable bonds is 10. The molecule has 0 aromatic rings. The smallest absolute Gasteiger partial charge is 0.251 e. The number of amides is 1. The highest BCUT2D eigenvalue weighted by molar-refractivity contribution is 6.57. The number of carbonyl (C=O) groups is 1. The summed E-state index contributed by atoms with van der Waals surface area (Å²) in [6, 6.07) is -0.622. The Morgan fingerprint density at radius 1 is 1.39 bits per heavy atom. The van der Waals surface area contributed by atoms with Gasteiger partial charge >= 0.3 is 0 Å². The van der Waals surface area contributed by atoms with Crippen molar-refractivity contribution in [2.45, 2.75) is 58.7 Å². The monoisotopic (exact) mass is 328 g/mol. The number of nitro groups is 1. The molecule has 0 spiro atoms. The molecule has 0 heterocycles. The zero-order valence-electron chi connectivity index (χ0n) is 14.4. The Labute approximate surface area is 137 Å². The summed E-state index contributed by atoms with van der Waals surface area (Å²) in [6.07, 6.45) is 1.86. The van der Waals surface area contributed by atoms with Gasteiger partial charge in [0.15, 0.2) is 11.7 Å². The van der Waals surface area contributed by atoms with Crippen molar-refractivity contribution in [1.29, 1.82) is 0 Å². The normalized spacial score (nSPS) is 14.3. The number of hydrogen-bond donors (Lipinski definition) is 4. The van der Waals surface area contributed by atoms with Crippen molar-refractivity contribution in [3.05, 3.63) is 10.1 Å². The van der Waals surface area contributed by atoms with E-state index in [2.05, 4.69) is 37.8 Å². The average Bonchev–Trinajstić information content (AvgIpc) is 2.41. The number of hydrogen-bond acceptors (Lipinski definition) is 5. The van der Waals surface area contributed by atoms with Crippen LogP contribution in [0.15, 0.2) is 4.99 Å². The third kappa shape index (κ3) is 10.5. The van der Waals surface area contributed by atoms with Gasteiger partial charge in [0.25, 0.3) is 5.96 Å². The van der Waals surface area contributed by atoms with Gasteiger partial charge in [-0.2, -0.15) is 0 Å². The van der Waals surface area contributed by atoms with Gasteiger partial charge in [-0.15, -0.1) is 0 Å². The van der Waals surface area contributed by atoms with Crippen LogP contribution in [0.25, 0.3) is 0 Å². The van der Waals surface area contributed by atoms with Gasteiger partial charge in [-0.25, -0.2) is 15.1 Å². The quantitative estimate of drug-likeness (QED) is 0.111. The fourth-order valence-electron chi connectivity index (χ4n) is 2.07. The van der Waals surface area contributed by atoms with Crippen molar-refractivity contribution in [3.8, 4) is 0 Å². The molecule has 0 aromatic carbocycles. The Bertz CT molecular complexity index is 417. The maximum absolute atomic E-state index is 12.1. The predicted octanol–water partition coefficient (Wildman–Crippen LogP) is 0.0144. The van der Waals surface area contributed by atoms with E-state index in [0.717, 1.165) is 6.42 Å². The lowest BCUT2D eigenvalue weighted by Gasteiger charge is -2.24. The molecule has 0 rings (SSSR count). The van der Waals surface area contributed by atoms with Gasteiger partial charge in [-0.05, 0) is 25.2 Å². The van der Waals surface area contributed by atoms with E-state index in [1.165, 1.54) is 0 Å². The molecule has 0 aliphatic rings. The first-order chi connectivity index (χ1) is 10.6. The molecular weight excluding hydrogens is 299 g/mol. The summed E-state index contributed by atoms with van der Waals surface area (Å²) in [5, 5.41) is 12.4. The van der Waals surface area contributed by atoms with Crippen LogP contribution in [-0.4, -0.2) is 42.1 Å². The molecule has 0 saturated carbocycles. The lowest BCUT2D eigenvalue weighted by atomic mass is 9.47. The molecule has 0 saturated heterocycles. The second-order valence-electron chi connectivity index (χ2n) is 6.37. The van der Waals surface area contributed by atoms with Gasteiger partial charge in [0.2, 0.25) is 5.91 Å². The first kappa shape index (κ1) is 21.2. The number of aliphatic imine (C=N–C) groups is 1. The van der Waals surface area contributed by atoms with Crippen LogP contribution in [0, 0.1) is 16.0 Å². The first-order valence-electron chi connectivity index (χ1n) is 7.90. The lowest BCUT2D eigenvalue weighted by Crippen LogP contribution is -2.50. The summed E-state index contributed by atoms with van der Waals surface area (Å²) in [5.41, 5.74) is 12.9. The molecule has 6 N–H and O–H groups in total. The summed E-state index contributed by atoms with van der Waals surface area (Å²) in [4.78, 5) is 26.0. The second kappa shape index (κ2) is 10.8. The second-order valence-corrected chi connectivity index (χ2v) is 6.37. The SMILES string of the molecule is CB(C)[C@H](CC(C)C)NC(=O)[C@@H](N)CCCN=C(N)N[N+](=O)[O-]. The van der Waals surface area contributed by atoms with Crippen LogP contribution in [0.5, 0.6) is 0 Å². The largest absolute Gasteiger partial charge is 0.365 e. The molecule has 10 heteroatoms. The molecule has 0 aromatic heterocycles. The van der Waals surface area contributed by atoms with E-state index in [-0.39, 0.29) is 24.4 Å². The summed E-state index contributed by atoms with van der Waals surface area (Å²) in [6.45, 7) is 8.97. The lowest BCUT2D eigenvalue weighted by molar-refractivity contribution is -0.525. The molecule has 0 bridgehead atoms. The van der Waals surface area contributed by atoms with Gasteiger partial charge in [0.05, 0.1) is 6.04 Å². The van der Waals surface area contributed by atoms with E-state index >= 15 is 0 Å². The van der Waals surface area contributed by atoms with E-state index < -0.39 is 11.1 Å². The van der Waals surface area contributed by atoms with E-state index in [1.807, 2.05) is 0 Å². The summed E-state index contributed by atoms with van der Waals surface area (Å²) in [5.74, 6) is 0.159. The molecule has 2 atom stereocenters. The Hall–Kier alpha value is -1.84. The molecule has 0 aliphatic heterocycles. The highest BCUT2D eigenvalue weighted by Gasteiger charge is 2.22. The summed E-state index contributed by atoms with van der Waals surface area (Å²) < 4.78 is 0. The van der Waals surface area contributed by atoms with Gasteiger partial charge in [-0.3, -0.25) is 4.79 Å². The maximum Gasteiger partial charge on any atom is 0.251 e. The molecule has 0 radical (unpaired) electrons. The standard InChI is InChI=1S/C13H29BN6O3/c1-9(2)8-11(14(3)4)18-12(21)10(15)6-5-7-17-13(16)19-20(22)23/h9-11H,5-8,15H2,1-4H3,(H,18,21)(H3,16,17,19)/t10-,11-/m0/s1. The minimum absolute atomic E-state index is 0.103. The summed E-state index contributed by atoms with van der Waals surface area (Å²) >= 11 is 0. The van der Waals surface area contributed by atoms with Crippen LogP contribution in [0.4, 0.5) is 0 Å². The minimum atomic E-state index is -0.779. The number of nitrogens with one attached hydrogen (secondary N) is 2. The van der Waals surface area contributed by atoms with Crippen LogP contribution >= 0.6 is 0 Å². The van der Waals surface area contributed by atoms with Crippen LogP contribution in [-0.2, 0) is 4.79 Å². The fraction of sp³-hybridized carbons (Fsp3) is 0.846. The molecular formula is C13H29BN6O3. The van der Waals surface area contributed by atoms with Crippen molar-refractivity contribution >= 4 is 18.6 Å². The first-order valence-corrected chi connectivity index (χ1v) is 7.90. The van der Waals surface area contributed by atoms with Crippen LogP contribution in [0.3, 0.4) is 0 Å².